The zero-order valence-corrected chi connectivity index (χ0v) is 15.9. The normalized spacial score (nSPS) is 34.9. The van der Waals surface area contributed by atoms with Crippen molar-refractivity contribution in [1.82, 2.24) is 10.2 Å². The fraction of sp³-hybridized carbons (Fsp3) is 0.895. The van der Waals surface area contributed by atoms with Crippen molar-refractivity contribution in [2.45, 2.75) is 76.9 Å². The average Bonchev–Trinajstić information content (AvgIpc) is 3.06. The molecule has 3 rings (SSSR count). The van der Waals surface area contributed by atoms with Gasteiger partial charge in [-0.05, 0) is 71.6 Å². The van der Waals surface area contributed by atoms with Gasteiger partial charge in [0.05, 0.1) is 5.41 Å². The topological polar surface area (TPSA) is 84.7 Å². The molecule has 1 saturated heterocycles. The molecule has 3 aliphatic rings. The van der Waals surface area contributed by atoms with Crippen LogP contribution >= 0.6 is 0 Å². The second-order valence-corrected chi connectivity index (χ2v) is 9.46. The van der Waals surface area contributed by atoms with E-state index in [9.17, 15) is 9.59 Å². The quantitative estimate of drug-likeness (QED) is 0.818. The molecule has 3 N–H and O–H groups in total. The van der Waals surface area contributed by atoms with Gasteiger partial charge in [-0.2, -0.15) is 0 Å². The SMILES string of the molecule is CC(C)(C)OC(=O)NCC1CCCN(C(=O)C23CCC(N)(CC2)C3)C1. The molecule has 6 heteroatoms. The summed E-state index contributed by atoms with van der Waals surface area (Å²) in [5.74, 6) is 0.603. The van der Waals surface area contributed by atoms with Crippen LogP contribution in [-0.2, 0) is 9.53 Å². The molecule has 1 heterocycles. The van der Waals surface area contributed by atoms with E-state index in [1.165, 1.54) is 0 Å². The molecule has 2 saturated carbocycles. The Morgan fingerprint density at radius 2 is 1.92 bits per heavy atom. The molecular formula is C19H33N3O3. The summed E-state index contributed by atoms with van der Waals surface area (Å²) < 4.78 is 5.29. The number of ether oxygens (including phenoxy) is 1. The van der Waals surface area contributed by atoms with Crippen LogP contribution in [0, 0.1) is 11.3 Å². The third-order valence-electron chi connectivity index (χ3n) is 6.09. The molecule has 142 valence electrons. The molecule has 0 radical (unpaired) electrons. The highest BCUT2D eigenvalue weighted by molar-refractivity contribution is 5.84. The van der Waals surface area contributed by atoms with E-state index in [0.717, 1.165) is 58.0 Å². The van der Waals surface area contributed by atoms with Gasteiger partial charge in [-0.3, -0.25) is 4.79 Å². The van der Waals surface area contributed by atoms with Crippen molar-refractivity contribution in [3.63, 3.8) is 0 Å². The summed E-state index contributed by atoms with van der Waals surface area (Å²) in [6.45, 7) is 7.69. The number of alkyl carbamates (subject to hydrolysis) is 1. The minimum Gasteiger partial charge on any atom is -0.444 e. The maximum absolute atomic E-state index is 13.2. The van der Waals surface area contributed by atoms with Crippen LogP contribution in [0.4, 0.5) is 4.79 Å². The molecule has 2 amide bonds. The number of likely N-dealkylation sites (tertiary alicyclic amines) is 1. The Bertz CT molecular complexity index is 533. The highest BCUT2D eigenvalue weighted by Crippen LogP contribution is 2.56. The molecule has 0 aromatic heterocycles. The molecular weight excluding hydrogens is 318 g/mol. The third-order valence-corrected chi connectivity index (χ3v) is 6.09. The summed E-state index contributed by atoms with van der Waals surface area (Å²) in [5.41, 5.74) is 5.60. The van der Waals surface area contributed by atoms with Crippen molar-refractivity contribution < 1.29 is 14.3 Å². The molecule has 25 heavy (non-hydrogen) atoms. The maximum Gasteiger partial charge on any atom is 0.407 e. The molecule has 0 aromatic carbocycles. The number of rotatable bonds is 3. The lowest BCUT2D eigenvalue weighted by molar-refractivity contribution is -0.143. The maximum atomic E-state index is 13.2. The van der Waals surface area contributed by atoms with Gasteiger partial charge in [0.2, 0.25) is 5.91 Å². The van der Waals surface area contributed by atoms with Gasteiger partial charge < -0.3 is 20.7 Å². The first-order valence-corrected chi connectivity index (χ1v) is 9.66. The lowest BCUT2D eigenvalue weighted by Crippen LogP contribution is -2.49. The van der Waals surface area contributed by atoms with Crippen LogP contribution in [0.5, 0.6) is 0 Å². The third kappa shape index (κ3) is 4.10. The van der Waals surface area contributed by atoms with E-state index in [1.54, 1.807) is 0 Å². The van der Waals surface area contributed by atoms with Crippen LogP contribution in [-0.4, -0.2) is 47.7 Å². The van der Waals surface area contributed by atoms with Crippen LogP contribution in [0.15, 0.2) is 0 Å². The second kappa shape index (κ2) is 6.45. The smallest absolute Gasteiger partial charge is 0.407 e. The molecule has 0 aromatic rings. The highest BCUT2D eigenvalue weighted by atomic mass is 16.6. The second-order valence-electron chi connectivity index (χ2n) is 9.46. The van der Waals surface area contributed by atoms with Crippen LogP contribution in [0.1, 0.15) is 65.7 Å². The van der Waals surface area contributed by atoms with Crippen molar-refractivity contribution in [2.24, 2.45) is 17.1 Å². The van der Waals surface area contributed by atoms with Gasteiger partial charge in [0.1, 0.15) is 5.60 Å². The van der Waals surface area contributed by atoms with Gasteiger partial charge in [0.25, 0.3) is 0 Å². The van der Waals surface area contributed by atoms with Crippen LogP contribution in [0.25, 0.3) is 0 Å². The molecule has 0 spiro atoms. The number of nitrogens with two attached hydrogens (primary N) is 1. The van der Waals surface area contributed by atoms with Gasteiger partial charge in [-0.15, -0.1) is 0 Å². The highest BCUT2D eigenvalue weighted by Gasteiger charge is 2.57. The molecule has 2 bridgehead atoms. The summed E-state index contributed by atoms with van der Waals surface area (Å²) in [6.07, 6.45) is 6.36. The molecule has 1 atom stereocenters. The van der Waals surface area contributed by atoms with Crippen LogP contribution < -0.4 is 11.1 Å². The Morgan fingerprint density at radius 3 is 2.48 bits per heavy atom. The fourth-order valence-electron chi connectivity index (χ4n) is 4.84. The van der Waals surface area contributed by atoms with Crippen LogP contribution in [0.3, 0.4) is 0 Å². The number of amides is 2. The molecule has 1 unspecified atom stereocenters. The first-order valence-electron chi connectivity index (χ1n) is 9.66. The van der Waals surface area contributed by atoms with Gasteiger partial charge in [0, 0.05) is 25.2 Å². The Labute approximate surface area is 150 Å². The minimum atomic E-state index is -0.489. The largest absolute Gasteiger partial charge is 0.444 e. The molecule has 2 aliphatic carbocycles. The van der Waals surface area contributed by atoms with Crippen LogP contribution in [0.2, 0.25) is 0 Å². The van der Waals surface area contributed by atoms with Gasteiger partial charge in [-0.25, -0.2) is 4.79 Å². The Kier molecular flexibility index (Phi) is 4.77. The molecule has 3 fully saturated rings. The Balaban J connectivity index is 1.52. The van der Waals surface area contributed by atoms with Gasteiger partial charge in [-0.1, -0.05) is 0 Å². The number of piperidine rings is 1. The van der Waals surface area contributed by atoms with E-state index in [1.807, 2.05) is 25.7 Å². The van der Waals surface area contributed by atoms with E-state index in [-0.39, 0.29) is 17.0 Å². The molecule has 1 aliphatic heterocycles. The van der Waals surface area contributed by atoms with Crippen molar-refractivity contribution >= 4 is 12.0 Å². The van der Waals surface area contributed by atoms with Crippen molar-refractivity contribution in [3.05, 3.63) is 0 Å². The zero-order chi connectivity index (χ0) is 18.3. The van der Waals surface area contributed by atoms with E-state index in [0.29, 0.717) is 18.4 Å². The van der Waals surface area contributed by atoms with E-state index >= 15 is 0 Å². The lowest BCUT2D eigenvalue weighted by Gasteiger charge is -2.38. The minimum absolute atomic E-state index is 0.0941. The number of hydrogen-bond donors (Lipinski definition) is 2. The summed E-state index contributed by atoms with van der Waals surface area (Å²) >= 11 is 0. The fourth-order valence-corrected chi connectivity index (χ4v) is 4.84. The lowest BCUT2D eigenvalue weighted by atomic mass is 9.81. The summed E-state index contributed by atoms with van der Waals surface area (Å²) in [5, 5.41) is 2.86. The summed E-state index contributed by atoms with van der Waals surface area (Å²) in [4.78, 5) is 27.0. The van der Waals surface area contributed by atoms with Crippen molar-refractivity contribution in [1.29, 1.82) is 0 Å². The standard InChI is InChI=1S/C19H33N3O3/c1-17(2,3)25-16(24)21-11-14-5-4-10-22(12-14)15(23)18-6-8-19(20,13-18)9-7-18/h14H,4-13,20H2,1-3H3,(H,21,24). The number of carbonyl (C=O) groups excluding carboxylic acids is 2. The number of fused-ring (bicyclic) bond motifs is 2. The van der Waals surface area contributed by atoms with E-state index < -0.39 is 5.60 Å². The van der Waals surface area contributed by atoms with Gasteiger partial charge in [0.15, 0.2) is 0 Å². The first-order chi connectivity index (χ1) is 11.6. The number of nitrogens with one attached hydrogen (secondary N) is 1. The monoisotopic (exact) mass is 351 g/mol. The molecule has 6 nitrogen and oxygen atoms in total. The van der Waals surface area contributed by atoms with Crippen molar-refractivity contribution in [2.75, 3.05) is 19.6 Å². The average molecular weight is 351 g/mol. The first kappa shape index (κ1) is 18.5. The Morgan fingerprint density at radius 1 is 1.24 bits per heavy atom. The van der Waals surface area contributed by atoms with Gasteiger partial charge >= 0.3 is 6.09 Å². The number of hydrogen-bond acceptors (Lipinski definition) is 4. The zero-order valence-electron chi connectivity index (χ0n) is 15.9. The number of carbonyl (C=O) groups is 2. The predicted molar refractivity (Wildman–Crippen MR) is 96.0 cm³/mol. The van der Waals surface area contributed by atoms with E-state index in [2.05, 4.69) is 5.32 Å². The predicted octanol–water partition coefficient (Wildman–Crippen LogP) is 2.41. The summed E-state index contributed by atoms with van der Waals surface area (Å²) in [6, 6.07) is 0. The van der Waals surface area contributed by atoms with E-state index in [4.69, 9.17) is 10.5 Å². The summed E-state index contributed by atoms with van der Waals surface area (Å²) in [7, 11) is 0. The number of nitrogens with zero attached hydrogens (tertiary/aromatic N) is 1. The Hall–Kier alpha value is -1.30. The van der Waals surface area contributed by atoms with Crippen molar-refractivity contribution in [3.8, 4) is 0 Å².